The highest BCUT2D eigenvalue weighted by molar-refractivity contribution is 6.30. The van der Waals surface area contributed by atoms with Crippen LogP contribution in [0.4, 0.5) is 0 Å². The summed E-state index contributed by atoms with van der Waals surface area (Å²) < 4.78 is 4.90. The Hall–Kier alpha value is -1.80. The van der Waals surface area contributed by atoms with Crippen LogP contribution in [0.25, 0.3) is 11.1 Å². The van der Waals surface area contributed by atoms with Gasteiger partial charge in [0.1, 0.15) is 5.38 Å². The third-order valence-corrected chi connectivity index (χ3v) is 3.35. The van der Waals surface area contributed by atoms with Gasteiger partial charge < -0.3 is 4.74 Å². The number of ether oxygens (including phenoxy) is 1. The molecule has 0 aliphatic carbocycles. The minimum absolute atomic E-state index is 0.356. The zero-order chi connectivity index (χ0) is 14.4. The molecule has 104 valence electrons. The summed E-state index contributed by atoms with van der Waals surface area (Å²) in [6.07, 6.45) is 0.482. The van der Waals surface area contributed by atoms with Crippen molar-refractivity contribution in [3.63, 3.8) is 0 Å². The number of carbonyl (C=O) groups is 1. The van der Waals surface area contributed by atoms with Gasteiger partial charge in [0, 0.05) is 0 Å². The summed E-state index contributed by atoms with van der Waals surface area (Å²) in [6.45, 7) is 2.13. The molecule has 0 fully saturated rings. The fourth-order valence-electron chi connectivity index (χ4n) is 1.99. The lowest BCUT2D eigenvalue weighted by molar-refractivity contribution is -0.142. The third-order valence-electron chi connectivity index (χ3n) is 3.02. The molecule has 20 heavy (non-hydrogen) atoms. The third kappa shape index (κ3) is 3.84. The van der Waals surface area contributed by atoms with Gasteiger partial charge in [-0.25, -0.2) is 0 Å². The highest BCUT2D eigenvalue weighted by Crippen LogP contribution is 2.20. The molecule has 1 atom stereocenters. The number of carbonyl (C=O) groups excluding carboxylic acids is 1. The molecule has 2 rings (SSSR count). The molecule has 3 heteroatoms. The van der Waals surface area contributed by atoms with Gasteiger partial charge in [-0.3, -0.25) is 4.79 Å². The van der Waals surface area contributed by atoms with E-state index in [1.54, 1.807) is 6.92 Å². The minimum Gasteiger partial charge on any atom is -0.465 e. The molecule has 2 nitrogen and oxygen atoms in total. The Kier molecular flexibility index (Phi) is 5.19. The van der Waals surface area contributed by atoms with Crippen LogP contribution in [0.5, 0.6) is 0 Å². The SMILES string of the molecule is CCOC(=O)C(Cl)Cc1ccc(-c2ccccc2)cc1. The van der Waals surface area contributed by atoms with E-state index in [0.29, 0.717) is 13.0 Å². The van der Waals surface area contributed by atoms with E-state index >= 15 is 0 Å². The molecule has 0 bridgehead atoms. The molecule has 0 radical (unpaired) electrons. The van der Waals surface area contributed by atoms with Crippen LogP contribution in [-0.2, 0) is 16.0 Å². The predicted molar refractivity (Wildman–Crippen MR) is 81.9 cm³/mol. The van der Waals surface area contributed by atoms with Crippen LogP contribution in [0.1, 0.15) is 12.5 Å². The van der Waals surface area contributed by atoms with Crippen molar-refractivity contribution >= 4 is 17.6 Å². The van der Waals surface area contributed by atoms with Crippen molar-refractivity contribution in [3.05, 3.63) is 60.2 Å². The van der Waals surface area contributed by atoms with Crippen LogP contribution in [0, 0.1) is 0 Å². The summed E-state index contributed by atoms with van der Waals surface area (Å²) in [7, 11) is 0. The van der Waals surface area contributed by atoms with Crippen molar-refractivity contribution in [2.45, 2.75) is 18.7 Å². The minimum atomic E-state index is -0.627. The van der Waals surface area contributed by atoms with E-state index in [1.807, 2.05) is 42.5 Å². The first kappa shape index (κ1) is 14.6. The number of alkyl halides is 1. The number of hydrogen-bond acceptors (Lipinski definition) is 2. The van der Waals surface area contributed by atoms with Gasteiger partial charge in [0.15, 0.2) is 0 Å². The molecule has 0 aromatic heterocycles. The first-order chi connectivity index (χ1) is 9.70. The molecule has 2 aromatic rings. The maximum atomic E-state index is 11.5. The fourth-order valence-corrected chi connectivity index (χ4v) is 2.23. The van der Waals surface area contributed by atoms with Crippen LogP contribution < -0.4 is 0 Å². The molecular formula is C17H17ClO2. The molecular weight excluding hydrogens is 272 g/mol. The van der Waals surface area contributed by atoms with Gasteiger partial charge in [-0.15, -0.1) is 11.6 Å². The molecule has 0 saturated carbocycles. The van der Waals surface area contributed by atoms with E-state index in [9.17, 15) is 4.79 Å². The quantitative estimate of drug-likeness (QED) is 0.612. The molecule has 0 amide bonds. The van der Waals surface area contributed by atoms with Crippen LogP contribution in [0.3, 0.4) is 0 Å². The van der Waals surface area contributed by atoms with Gasteiger partial charge in [0.2, 0.25) is 0 Å². The number of benzene rings is 2. The highest BCUT2D eigenvalue weighted by atomic mass is 35.5. The summed E-state index contributed by atoms with van der Waals surface area (Å²) in [4.78, 5) is 11.5. The molecule has 0 aliphatic rings. The Morgan fingerprint density at radius 3 is 2.25 bits per heavy atom. The molecule has 0 aliphatic heterocycles. The van der Waals surface area contributed by atoms with Crippen molar-refractivity contribution in [3.8, 4) is 11.1 Å². The smallest absolute Gasteiger partial charge is 0.324 e. The van der Waals surface area contributed by atoms with Crippen LogP contribution in [0.15, 0.2) is 54.6 Å². The average molecular weight is 289 g/mol. The first-order valence-electron chi connectivity index (χ1n) is 6.65. The summed E-state index contributed by atoms with van der Waals surface area (Å²) in [5.41, 5.74) is 3.35. The lowest BCUT2D eigenvalue weighted by Gasteiger charge is -2.09. The van der Waals surface area contributed by atoms with Gasteiger partial charge in [-0.05, 0) is 30.0 Å². The zero-order valence-electron chi connectivity index (χ0n) is 11.4. The Morgan fingerprint density at radius 1 is 1.05 bits per heavy atom. The van der Waals surface area contributed by atoms with Gasteiger partial charge >= 0.3 is 5.97 Å². The first-order valence-corrected chi connectivity index (χ1v) is 7.09. The van der Waals surface area contributed by atoms with Crippen molar-refractivity contribution < 1.29 is 9.53 Å². The van der Waals surface area contributed by atoms with E-state index in [0.717, 1.165) is 11.1 Å². The molecule has 0 spiro atoms. The standard InChI is InChI=1S/C17H17ClO2/c1-2-20-17(19)16(18)12-13-8-10-15(11-9-13)14-6-4-3-5-7-14/h3-11,16H,2,12H2,1H3. The Balaban J connectivity index is 2.04. The Bertz CT molecular complexity index is 549. The Labute approximate surface area is 124 Å². The number of halogens is 1. The maximum Gasteiger partial charge on any atom is 0.324 e. The number of rotatable bonds is 5. The fraction of sp³-hybridized carbons (Fsp3) is 0.235. The highest BCUT2D eigenvalue weighted by Gasteiger charge is 2.16. The summed E-state index contributed by atoms with van der Waals surface area (Å²) in [6, 6.07) is 18.2. The van der Waals surface area contributed by atoms with Crippen LogP contribution in [-0.4, -0.2) is 18.0 Å². The average Bonchev–Trinajstić information content (AvgIpc) is 2.49. The van der Waals surface area contributed by atoms with E-state index in [1.165, 1.54) is 5.56 Å². The number of esters is 1. The molecule has 1 unspecified atom stereocenters. The molecule has 2 aromatic carbocycles. The van der Waals surface area contributed by atoms with Crippen molar-refractivity contribution in [1.29, 1.82) is 0 Å². The lowest BCUT2D eigenvalue weighted by Crippen LogP contribution is -2.20. The van der Waals surface area contributed by atoms with Crippen molar-refractivity contribution in [2.24, 2.45) is 0 Å². The number of hydrogen-bond donors (Lipinski definition) is 0. The largest absolute Gasteiger partial charge is 0.465 e. The normalized spacial score (nSPS) is 11.9. The second kappa shape index (κ2) is 7.11. The van der Waals surface area contributed by atoms with E-state index < -0.39 is 5.38 Å². The van der Waals surface area contributed by atoms with Gasteiger partial charge in [0.05, 0.1) is 6.61 Å². The molecule has 0 heterocycles. The maximum absolute atomic E-state index is 11.5. The predicted octanol–water partition coefficient (Wildman–Crippen LogP) is 4.07. The van der Waals surface area contributed by atoms with E-state index in [4.69, 9.17) is 16.3 Å². The van der Waals surface area contributed by atoms with Gasteiger partial charge in [-0.1, -0.05) is 54.6 Å². The summed E-state index contributed by atoms with van der Waals surface area (Å²) >= 11 is 6.03. The van der Waals surface area contributed by atoms with Crippen molar-refractivity contribution in [2.75, 3.05) is 6.61 Å². The monoisotopic (exact) mass is 288 g/mol. The molecule has 0 saturated heterocycles. The van der Waals surface area contributed by atoms with Crippen LogP contribution in [0.2, 0.25) is 0 Å². The van der Waals surface area contributed by atoms with Crippen LogP contribution >= 0.6 is 11.6 Å². The van der Waals surface area contributed by atoms with Crippen molar-refractivity contribution in [1.82, 2.24) is 0 Å². The molecule has 0 N–H and O–H groups in total. The Morgan fingerprint density at radius 2 is 1.65 bits per heavy atom. The van der Waals surface area contributed by atoms with Gasteiger partial charge in [-0.2, -0.15) is 0 Å². The summed E-state index contributed by atoms with van der Waals surface area (Å²) in [5, 5.41) is -0.627. The van der Waals surface area contributed by atoms with Gasteiger partial charge in [0.25, 0.3) is 0 Å². The van der Waals surface area contributed by atoms with E-state index in [-0.39, 0.29) is 5.97 Å². The second-order valence-electron chi connectivity index (χ2n) is 4.49. The second-order valence-corrected chi connectivity index (χ2v) is 5.01. The zero-order valence-corrected chi connectivity index (χ0v) is 12.1. The van der Waals surface area contributed by atoms with E-state index in [2.05, 4.69) is 12.1 Å². The summed E-state index contributed by atoms with van der Waals surface area (Å²) in [5.74, 6) is -0.360. The lowest BCUT2D eigenvalue weighted by atomic mass is 10.0. The topological polar surface area (TPSA) is 26.3 Å².